The van der Waals surface area contributed by atoms with Gasteiger partial charge >= 0.3 is 0 Å². The Morgan fingerprint density at radius 1 is 0.818 bits per heavy atom. The number of aliphatic hydroxyl groups excluding tert-OH is 1. The predicted octanol–water partition coefficient (Wildman–Crippen LogP) is 1.80. The molecule has 0 aromatic heterocycles. The van der Waals surface area contributed by atoms with E-state index in [-0.39, 0.29) is 6.10 Å². The first-order chi connectivity index (χ1) is 5.34. The molecule has 0 saturated heterocycles. The minimum absolute atomic E-state index is 0.0790. The summed E-state index contributed by atoms with van der Waals surface area (Å²) in [6, 6.07) is 0. The highest BCUT2D eigenvalue weighted by molar-refractivity contribution is 4.99. The Bertz CT molecular complexity index is 178. The van der Waals surface area contributed by atoms with Crippen molar-refractivity contribution in [3.63, 3.8) is 0 Å². The molecule has 0 spiro atoms. The number of fused-ring (bicyclic) bond motifs is 6. The molecule has 0 unspecified atom stereocenters. The van der Waals surface area contributed by atoms with E-state index in [1.165, 1.54) is 25.7 Å². The van der Waals surface area contributed by atoms with E-state index in [1.54, 1.807) is 0 Å². The van der Waals surface area contributed by atoms with Crippen molar-refractivity contribution in [1.29, 1.82) is 0 Å². The summed E-state index contributed by atoms with van der Waals surface area (Å²) >= 11 is 0. The Morgan fingerprint density at radius 2 is 1.64 bits per heavy atom. The van der Waals surface area contributed by atoms with Crippen LogP contribution in [0, 0.1) is 23.7 Å². The molecule has 1 heteroatoms. The maximum Gasteiger partial charge on any atom is 0.0573 e. The third kappa shape index (κ3) is 0.752. The topological polar surface area (TPSA) is 20.2 Å². The molecule has 1 N–H and O–H groups in total. The summed E-state index contributed by atoms with van der Waals surface area (Å²) in [6.07, 6.45) is 6.91. The Labute approximate surface area is 67.8 Å². The van der Waals surface area contributed by atoms with Crippen molar-refractivity contribution >= 4 is 0 Å². The second-order valence-corrected chi connectivity index (χ2v) is 4.80. The third-order valence-corrected chi connectivity index (χ3v) is 4.40. The van der Waals surface area contributed by atoms with Gasteiger partial charge < -0.3 is 5.11 Å². The molecule has 0 radical (unpaired) electrons. The summed E-state index contributed by atoms with van der Waals surface area (Å²) in [7, 11) is 0. The summed E-state index contributed by atoms with van der Waals surface area (Å²) in [5, 5.41) is 9.72. The zero-order valence-corrected chi connectivity index (χ0v) is 6.87. The van der Waals surface area contributed by atoms with E-state index in [0.29, 0.717) is 5.92 Å². The second kappa shape index (κ2) is 2.01. The van der Waals surface area contributed by atoms with Gasteiger partial charge in [0.15, 0.2) is 0 Å². The normalized spacial score (nSPS) is 60.3. The van der Waals surface area contributed by atoms with Crippen molar-refractivity contribution in [2.45, 2.75) is 38.2 Å². The van der Waals surface area contributed by atoms with Gasteiger partial charge in [0.25, 0.3) is 0 Å². The van der Waals surface area contributed by atoms with E-state index in [4.69, 9.17) is 0 Å². The van der Waals surface area contributed by atoms with Crippen LogP contribution in [0.25, 0.3) is 0 Å². The molecule has 5 atom stereocenters. The van der Waals surface area contributed by atoms with Gasteiger partial charge in [-0.15, -0.1) is 0 Å². The fourth-order valence-corrected chi connectivity index (χ4v) is 3.85. The molecule has 3 saturated carbocycles. The Balaban J connectivity index is 1.93. The summed E-state index contributed by atoms with van der Waals surface area (Å²) in [5.41, 5.74) is 0. The van der Waals surface area contributed by atoms with Crippen LogP contribution >= 0.6 is 0 Å². The highest BCUT2D eigenvalue weighted by Crippen LogP contribution is 2.55. The van der Waals surface area contributed by atoms with Crippen LogP contribution in [-0.2, 0) is 0 Å². The summed E-state index contributed by atoms with van der Waals surface area (Å²) in [4.78, 5) is 0. The van der Waals surface area contributed by atoms with Crippen molar-refractivity contribution < 1.29 is 5.11 Å². The maximum atomic E-state index is 9.72. The quantitative estimate of drug-likeness (QED) is 0.561. The smallest absolute Gasteiger partial charge is 0.0573 e. The molecule has 3 aliphatic rings. The van der Waals surface area contributed by atoms with Crippen LogP contribution in [0.15, 0.2) is 0 Å². The van der Waals surface area contributed by atoms with Gasteiger partial charge in [0, 0.05) is 0 Å². The Kier molecular flexibility index (Phi) is 1.18. The molecular formula is C10H16O. The minimum Gasteiger partial charge on any atom is -0.393 e. The largest absolute Gasteiger partial charge is 0.393 e. The molecule has 11 heavy (non-hydrogen) atoms. The average molecular weight is 152 g/mol. The van der Waals surface area contributed by atoms with Crippen LogP contribution in [0.2, 0.25) is 0 Å². The first-order valence-electron chi connectivity index (χ1n) is 5.02. The summed E-state index contributed by atoms with van der Waals surface area (Å²) in [6.45, 7) is 0. The zero-order chi connectivity index (χ0) is 7.42. The van der Waals surface area contributed by atoms with E-state index < -0.39 is 0 Å². The molecule has 0 aromatic rings. The Morgan fingerprint density at radius 3 is 2.55 bits per heavy atom. The molecule has 0 aromatic carbocycles. The number of hydrogen-bond acceptors (Lipinski definition) is 1. The van der Waals surface area contributed by atoms with Crippen LogP contribution in [-0.4, -0.2) is 11.2 Å². The second-order valence-electron chi connectivity index (χ2n) is 4.80. The van der Waals surface area contributed by atoms with Crippen LogP contribution in [0.1, 0.15) is 32.1 Å². The highest BCUT2D eigenvalue weighted by Gasteiger charge is 2.49. The van der Waals surface area contributed by atoms with Crippen molar-refractivity contribution in [2.24, 2.45) is 23.7 Å². The molecule has 0 heterocycles. The van der Waals surface area contributed by atoms with E-state index in [0.717, 1.165) is 24.2 Å². The van der Waals surface area contributed by atoms with Gasteiger partial charge in [0.2, 0.25) is 0 Å². The van der Waals surface area contributed by atoms with Gasteiger partial charge in [-0.2, -0.15) is 0 Å². The van der Waals surface area contributed by atoms with Crippen LogP contribution in [0.3, 0.4) is 0 Å². The summed E-state index contributed by atoms with van der Waals surface area (Å²) < 4.78 is 0. The first kappa shape index (κ1) is 6.47. The lowest BCUT2D eigenvalue weighted by molar-refractivity contribution is 0.0999. The van der Waals surface area contributed by atoms with Gasteiger partial charge in [-0.1, -0.05) is 0 Å². The van der Waals surface area contributed by atoms with E-state index in [9.17, 15) is 5.11 Å². The molecular weight excluding hydrogens is 136 g/mol. The van der Waals surface area contributed by atoms with Gasteiger partial charge in [0.1, 0.15) is 0 Å². The molecule has 0 aliphatic heterocycles. The van der Waals surface area contributed by atoms with E-state index >= 15 is 0 Å². The van der Waals surface area contributed by atoms with Gasteiger partial charge in [-0.05, 0) is 55.8 Å². The van der Waals surface area contributed by atoms with Crippen molar-refractivity contribution in [3.05, 3.63) is 0 Å². The lowest BCUT2D eigenvalue weighted by Crippen LogP contribution is -2.22. The lowest BCUT2D eigenvalue weighted by Gasteiger charge is -2.26. The first-order valence-corrected chi connectivity index (χ1v) is 5.02. The predicted molar refractivity (Wildman–Crippen MR) is 43.1 cm³/mol. The van der Waals surface area contributed by atoms with Crippen molar-refractivity contribution in [1.82, 2.24) is 0 Å². The van der Waals surface area contributed by atoms with Gasteiger partial charge in [0.05, 0.1) is 6.10 Å². The van der Waals surface area contributed by atoms with Crippen molar-refractivity contribution in [2.75, 3.05) is 0 Å². The van der Waals surface area contributed by atoms with E-state index in [2.05, 4.69) is 0 Å². The molecule has 3 aliphatic carbocycles. The molecule has 62 valence electrons. The third-order valence-electron chi connectivity index (χ3n) is 4.40. The van der Waals surface area contributed by atoms with E-state index in [1.807, 2.05) is 0 Å². The van der Waals surface area contributed by atoms with Crippen LogP contribution in [0.4, 0.5) is 0 Å². The van der Waals surface area contributed by atoms with Crippen LogP contribution < -0.4 is 0 Å². The average Bonchev–Trinajstić information content (AvgIpc) is 2.49. The monoisotopic (exact) mass is 152 g/mol. The summed E-state index contributed by atoms with van der Waals surface area (Å²) in [5.74, 6) is 3.54. The van der Waals surface area contributed by atoms with Crippen molar-refractivity contribution in [3.8, 4) is 0 Å². The fourth-order valence-electron chi connectivity index (χ4n) is 3.85. The standard InChI is InChI=1S/C10H16O/c11-10-5-8-4-9(10)7-2-1-6(8)3-7/h6-11H,1-5H2/t6-,7+,8-,9-,10-/m0/s1. The zero-order valence-electron chi connectivity index (χ0n) is 6.87. The number of hydrogen-bond donors (Lipinski definition) is 1. The fraction of sp³-hybridized carbons (Fsp3) is 1.00. The molecule has 0 amide bonds. The van der Waals surface area contributed by atoms with Crippen LogP contribution in [0.5, 0.6) is 0 Å². The lowest BCUT2D eigenvalue weighted by atomic mass is 9.79. The molecule has 3 rings (SSSR count). The van der Waals surface area contributed by atoms with Gasteiger partial charge in [-0.25, -0.2) is 0 Å². The number of aliphatic hydroxyl groups is 1. The Hall–Kier alpha value is -0.0400. The molecule has 3 fully saturated rings. The maximum absolute atomic E-state index is 9.72. The SMILES string of the molecule is O[C@H]1C[C@@H]2C[C@H]1[C@@H]1CC[C@H]2C1. The molecule has 4 bridgehead atoms. The van der Waals surface area contributed by atoms with Gasteiger partial charge in [-0.3, -0.25) is 0 Å². The molecule has 1 nitrogen and oxygen atoms in total. The highest BCUT2D eigenvalue weighted by atomic mass is 16.3. The number of rotatable bonds is 0. The minimum atomic E-state index is 0.0790.